The van der Waals surface area contributed by atoms with Gasteiger partial charge < -0.3 is 11.1 Å². The van der Waals surface area contributed by atoms with Crippen LogP contribution in [0.4, 0.5) is 0 Å². The summed E-state index contributed by atoms with van der Waals surface area (Å²) < 4.78 is 1.86. The van der Waals surface area contributed by atoms with E-state index in [4.69, 9.17) is 5.73 Å². The highest BCUT2D eigenvalue weighted by atomic mass is 127. The lowest BCUT2D eigenvalue weighted by Gasteiger charge is -2.32. The lowest BCUT2D eigenvalue weighted by atomic mass is 10.0. The molecule has 1 aliphatic heterocycles. The van der Waals surface area contributed by atoms with Gasteiger partial charge in [0.1, 0.15) is 0 Å². The second-order valence-corrected chi connectivity index (χ2v) is 7.08. The summed E-state index contributed by atoms with van der Waals surface area (Å²) in [5.74, 6) is 0.520. The number of aliphatic imine (C=N–C) groups is 1. The quantitative estimate of drug-likeness (QED) is 0.328. The van der Waals surface area contributed by atoms with Crippen LogP contribution in [0.3, 0.4) is 0 Å². The zero-order valence-electron chi connectivity index (χ0n) is 15.9. The van der Waals surface area contributed by atoms with Crippen LogP contribution in [0.25, 0.3) is 5.52 Å². The highest BCUT2D eigenvalue weighted by Gasteiger charge is 2.19. The molecule has 3 aromatic rings. The Balaban J connectivity index is 0.00000225. The minimum Gasteiger partial charge on any atom is -0.370 e. The number of likely N-dealkylation sites (tertiary alicyclic amines) is 1. The highest BCUT2D eigenvalue weighted by Crippen LogP contribution is 2.14. The number of benzene rings is 1. The fraction of sp³-hybridized carbons (Fsp3) is 0.333. The largest absolute Gasteiger partial charge is 0.370 e. The van der Waals surface area contributed by atoms with Gasteiger partial charge in [-0.05, 0) is 30.5 Å². The molecule has 148 valence electrons. The SMILES string of the molecule is I.NC(=NCc1cnn2ccccc12)NC1CCN(Cc2ccccc2)CC1. The van der Waals surface area contributed by atoms with Crippen molar-refractivity contribution in [2.45, 2.75) is 32.0 Å². The molecule has 0 atom stereocenters. The van der Waals surface area contributed by atoms with Crippen molar-refractivity contribution in [3.63, 3.8) is 0 Å². The molecule has 0 spiro atoms. The zero-order chi connectivity index (χ0) is 18.5. The molecule has 6 nitrogen and oxygen atoms in total. The average Bonchev–Trinajstić information content (AvgIpc) is 3.12. The van der Waals surface area contributed by atoms with Gasteiger partial charge in [-0.15, -0.1) is 24.0 Å². The molecule has 4 rings (SSSR count). The number of hydrogen-bond donors (Lipinski definition) is 2. The van der Waals surface area contributed by atoms with Crippen LogP contribution in [0.5, 0.6) is 0 Å². The maximum Gasteiger partial charge on any atom is 0.189 e. The van der Waals surface area contributed by atoms with Crippen LogP contribution in [0.2, 0.25) is 0 Å². The van der Waals surface area contributed by atoms with Crippen molar-refractivity contribution in [3.05, 3.63) is 72.1 Å². The number of guanidine groups is 1. The molecule has 0 bridgehead atoms. The maximum atomic E-state index is 6.12. The van der Waals surface area contributed by atoms with Gasteiger partial charge in [-0.3, -0.25) is 4.90 Å². The second-order valence-electron chi connectivity index (χ2n) is 7.08. The molecule has 0 saturated carbocycles. The smallest absolute Gasteiger partial charge is 0.189 e. The molecule has 0 aliphatic carbocycles. The minimum atomic E-state index is 0. The fourth-order valence-electron chi connectivity index (χ4n) is 3.61. The predicted octanol–water partition coefficient (Wildman–Crippen LogP) is 3.02. The summed E-state index contributed by atoms with van der Waals surface area (Å²) >= 11 is 0. The van der Waals surface area contributed by atoms with E-state index < -0.39 is 0 Å². The number of halogens is 1. The molecule has 0 amide bonds. The Morgan fingerprint density at radius 1 is 1.11 bits per heavy atom. The van der Waals surface area contributed by atoms with Crippen LogP contribution in [0, 0.1) is 0 Å². The summed E-state index contributed by atoms with van der Waals surface area (Å²) in [7, 11) is 0. The second kappa shape index (κ2) is 9.88. The van der Waals surface area contributed by atoms with Gasteiger partial charge in [0.05, 0.1) is 18.3 Å². The number of nitrogens with one attached hydrogen (secondary N) is 1. The number of piperidine rings is 1. The number of nitrogens with two attached hydrogens (primary N) is 1. The highest BCUT2D eigenvalue weighted by molar-refractivity contribution is 14.0. The molecule has 28 heavy (non-hydrogen) atoms. The lowest BCUT2D eigenvalue weighted by Crippen LogP contribution is -2.46. The summed E-state index contributed by atoms with van der Waals surface area (Å²) in [6.07, 6.45) is 5.96. The van der Waals surface area contributed by atoms with Gasteiger partial charge in [0.2, 0.25) is 0 Å². The number of hydrogen-bond acceptors (Lipinski definition) is 3. The van der Waals surface area contributed by atoms with Crippen LogP contribution in [0.1, 0.15) is 24.0 Å². The van der Waals surface area contributed by atoms with Gasteiger partial charge >= 0.3 is 0 Å². The lowest BCUT2D eigenvalue weighted by molar-refractivity contribution is 0.199. The molecule has 1 aromatic carbocycles. The number of aromatic nitrogens is 2. The van der Waals surface area contributed by atoms with Gasteiger partial charge in [0, 0.05) is 37.4 Å². The van der Waals surface area contributed by atoms with E-state index >= 15 is 0 Å². The third-order valence-electron chi connectivity index (χ3n) is 5.11. The Kier molecular flexibility index (Phi) is 7.27. The Morgan fingerprint density at radius 2 is 1.86 bits per heavy atom. The summed E-state index contributed by atoms with van der Waals surface area (Å²) in [5.41, 5.74) is 9.65. The van der Waals surface area contributed by atoms with Gasteiger partial charge in [-0.25, -0.2) is 9.51 Å². The predicted molar refractivity (Wildman–Crippen MR) is 124 cm³/mol. The third-order valence-corrected chi connectivity index (χ3v) is 5.11. The van der Waals surface area contributed by atoms with E-state index in [0.717, 1.165) is 43.6 Å². The van der Waals surface area contributed by atoms with E-state index in [0.29, 0.717) is 18.5 Å². The fourth-order valence-corrected chi connectivity index (χ4v) is 3.61. The van der Waals surface area contributed by atoms with E-state index in [2.05, 4.69) is 50.6 Å². The molecule has 2 aromatic heterocycles. The zero-order valence-corrected chi connectivity index (χ0v) is 18.2. The standard InChI is InChI=1S/C21H26N6.HI/c22-21(23-14-18-15-24-27-11-5-4-8-20(18)27)25-19-9-12-26(13-10-19)16-17-6-2-1-3-7-17;/h1-8,11,15,19H,9-10,12-14,16H2,(H3,22,23,25);1H. The molecule has 0 radical (unpaired) electrons. The molecule has 1 fully saturated rings. The van der Waals surface area contributed by atoms with E-state index in [1.54, 1.807) is 0 Å². The first-order valence-electron chi connectivity index (χ1n) is 9.52. The topological polar surface area (TPSA) is 70.9 Å². The van der Waals surface area contributed by atoms with Crippen molar-refractivity contribution < 1.29 is 0 Å². The summed E-state index contributed by atoms with van der Waals surface area (Å²) in [6, 6.07) is 17.1. The van der Waals surface area contributed by atoms with E-state index in [1.807, 2.05) is 35.1 Å². The van der Waals surface area contributed by atoms with Crippen LogP contribution < -0.4 is 11.1 Å². The van der Waals surface area contributed by atoms with Crippen molar-refractivity contribution in [2.24, 2.45) is 10.7 Å². The van der Waals surface area contributed by atoms with E-state index in [-0.39, 0.29) is 24.0 Å². The van der Waals surface area contributed by atoms with Gasteiger partial charge in [-0.2, -0.15) is 5.10 Å². The minimum absolute atomic E-state index is 0. The number of nitrogens with zero attached hydrogens (tertiary/aromatic N) is 4. The van der Waals surface area contributed by atoms with Crippen molar-refractivity contribution >= 4 is 35.5 Å². The third kappa shape index (κ3) is 5.23. The first-order valence-corrected chi connectivity index (χ1v) is 9.52. The van der Waals surface area contributed by atoms with Gasteiger partial charge in [0.25, 0.3) is 0 Å². The van der Waals surface area contributed by atoms with Crippen LogP contribution in [-0.4, -0.2) is 39.6 Å². The molecule has 1 saturated heterocycles. The first kappa shape index (κ1) is 20.6. The number of rotatable bonds is 5. The van der Waals surface area contributed by atoms with E-state index in [9.17, 15) is 0 Å². The summed E-state index contributed by atoms with van der Waals surface area (Å²) in [5, 5.41) is 7.72. The van der Waals surface area contributed by atoms with Crippen molar-refractivity contribution in [3.8, 4) is 0 Å². The molecule has 0 unspecified atom stereocenters. The van der Waals surface area contributed by atoms with Crippen molar-refractivity contribution in [1.29, 1.82) is 0 Å². The van der Waals surface area contributed by atoms with Crippen LogP contribution in [-0.2, 0) is 13.1 Å². The average molecular weight is 490 g/mol. The Bertz CT molecular complexity index is 899. The maximum absolute atomic E-state index is 6.12. The molecule has 1 aliphatic rings. The Hall–Kier alpha value is -2.13. The van der Waals surface area contributed by atoms with Crippen molar-refractivity contribution in [2.75, 3.05) is 13.1 Å². The number of fused-ring (bicyclic) bond motifs is 1. The van der Waals surface area contributed by atoms with Gasteiger partial charge in [-0.1, -0.05) is 36.4 Å². The van der Waals surface area contributed by atoms with Gasteiger partial charge in [0.15, 0.2) is 5.96 Å². The first-order chi connectivity index (χ1) is 13.3. The monoisotopic (exact) mass is 490 g/mol. The normalized spacial score (nSPS) is 16.1. The molecular formula is C21H27IN6. The van der Waals surface area contributed by atoms with E-state index in [1.165, 1.54) is 5.56 Å². The Morgan fingerprint density at radius 3 is 2.64 bits per heavy atom. The van der Waals surface area contributed by atoms with Crippen LogP contribution >= 0.6 is 24.0 Å². The molecule has 3 N–H and O–H groups in total. The summed E-state index contributed by atoms with van der Waals surface area (Å²) in [4.78, 5) is 7.01. The van der Waals surface area contributed by atoms with Crippen LogP contribution in [0.15, 0.2) is 65.9 Å². The summed E-state index contributed by atoms with van der Waals surface area (Å²) in [6.45, 7) is 3.72. The Labute approximate surface area is 182 Å². The molecular weight excluding hydrogens is 463 g/mol. The van der Waals surface area contributed by atoms with Crippen molar-refractivity contribution in [1.82, 2.24) is 19.8 Å². The molecule has 7 heteroatoms. The molecule has 3 heterocycles. The number of pyridine rings is 1.